The SMILES string of the molecule is NC(N)=NN=C(C=Cc1ccc(Cl)cc1)c1ccc(Cl)cc1. The van der Waals surface area contributed by atoms with Gasteiger partial charge in [-0.2, -0.15) is 0 Å². The van der Waals surface area contributed by atoms with Crippen LogP contribution in [0.5, 0.6) is 0 Å². The van der Waals surface area contributed by atoms with Crippen molar-refractivity contribution in [2.24, 2.45) is 21.7 Å². The van der Waals surface area contributed by atoms with Crippen molar-refractivity contribution in [3.8, 4) is 0 Å². The summed E-state index contributed by atoms with van der Waals surface area (Å²) in [5, 5.41) is 9.09. The average molecular weight is 333 g/mol. The van der Waals surface area contributed by atoms with Gasteiger partial charge in [0.15, 0.2) is 0 Å². The lowest BCUT2D eigenvalue weighted by Gasteiger charge is -2.01. The first kappa shape index (κ1) is 16.1. The van der Waals surface area contributed by atoms with Gasteiger partial charge in [-0.3, -0.25) is 0 Å². The molecule has 0 saturated heterocycles. The van der Waals surface area contributed by atoms with E-state index in [-0.39, 0.29) is 5.96 Å². The van der Waals surface area contributed by atoms with Crippen LogP contribution in [0.3, 0.4) is 0 Å². The zero-order valence-electron chi connectivity index (χ0n) is 11.6. The summed E-state index contributed by atoms with van der Waals surface area (Å²) in [7, 11) is 0. The van der Waals surface area contributed by atoms with E-state index in [9.17, 15) is 0 Å². The molecule has 0 spiro atoms. The summed E-state index contributed by atoms with van der Waals surface area (Å²) in [5.74, 6) is -0.105. The normalized spacial score (nSPS) is 11.6. The number of hydrogen-bond acceptors (Lipinski definition) is 2. The lowest BCUT2D eigenvalue weighted by atomic mass is 10.1. The van der Waals surface area contributed by atoms with Gasteiger partial charge in [0.2, 0.25) is 5.96 Å². The second-order valence-corrected chi connectivity index (χ2v) is 5.27. The fourth-order valence-corrected chi connectivity index (χ4v) is 1.92. The second kappa shape index (κ2) is 7.64. The van der Waals surface area contributed by atoms with Crippen LogP contribution >= 0.6 is 23.2 Å². The first-order valence-corrected chi connectivity index (χ1v) is 7.16. The highest BCUT2D eigenvalue weighted by molar-refractivity contribution is 6.31. The molecule has 2 rings (SSSR count). The number of nitrogens with zero attached hydrogens (tertiary/aromatic N) is 2. The molecule has 22 heavy (non-hydrogen) atoms. The van der Waals surface area contributed by atoms with Gasteiger partial charge in [0.05, 0.1) is 5.71 Å². The molecule has 2 aromatic carbocycles. The van der Waals surface area contributed by atoms with Crippen molar-refractivity contribution in [2.75, 3.05) is 0 Å². The molecule has 0 atom stereocenters. The Labute approximate surface area is 138 Å². The molecule has 0 unspecified atom stereocenters. The number of allylic oxidation sites excluding steroid dienone is 1. The molecule has 6 heteroatoms. The van der Waals surface area contributed by atoms with Crippen LogP contribution in [0.1, 0.15) is 11.1 Å². The Morgan fingerprint density at radius 2 is 1.36 bits per heavy atom. The Kier molecular flexibility index (Phi) is 5.58. The van der Waals surface area contributed by atoms with Gasteiger partial charge in [0.25, 0.3) is 0 Å². The molecule has 0 bridgehead atoms. The summed E-state index contributed by atoms with van der Waals surface area (Å²) < 4.78 is 0. The molecule has 0 fully saturated rings. The first-order valence-electron chi connectivity index (χ1n) is 6.41. The van der Waals surface area contributed by atoms with E-state index in [1.165, 1.54) is 0 Å². The van der Waals surface area contributed by atoms with Crippen LogP contribution in [0.15, 0.2) is 64.8 Å². The third-order valence-corrected chi connectivity index (χ3v) is 3.22. The molecular weight excluding hydrogens is 319 g/mol. The highest BCUT2D eigenvalue weighted by Crippen LogP contribution is 2.14. The molecule has 2 aromatic rings. The Morgan fingerprint density at radius 3 is 1.91 bits per heavy atom. The number of rotatable bonds is 4. The lowest BCUT2D eigenvalue weighted by Crippen LogP contribution is -2.22. The van der Waals surface area contributed by atoms with Crippen LogP contribution in [0.2, 0.25) is 10.0 Å². The summed E-state index contributed by atoms with van der Waals surface area (Å²) in [6, 6.07) is 14.7. The minimum absolute atomic E-state index is 0.105. The molecule has 0 amide bonds. The molecule has 0 aliphatic heterocycles. The van der Waals surface area contributed by atoms with Crippen LogP contribution in [-0.2, 0) is 0 Å². The Hall–Kier alpha value is -2.30. The van der Waals surface area contributed by atoms with Crippen LogP contribution in [0.25, 0.3) is 6.08 Å². The molecule has 0 aliphatic rings. The lowest BCUT2D eigenvalue weighted by molar-refractivity contribution is 1.20. The third kappa shape index (κ3) is 4.91. The van der Waals surface area contributed by atoms with E-state index in [4.69, 9.17) is 34.7 Å². The number of nitrogens with two attached hydrogens (primary N) is 2. The zero-order valence-corrected chi connectivity index (χ0v) is 13.1. The van der Waals surface area contributed by atoms with Gasteiger partial charge in [-0.1, -0.05) is 53.5 Å². The van der Waals surface area contributed by atoms with Gasteiger partial charge in [-0.25, -0.2) is 0 Å². The predicted octanol–water partition coefficient (Wildman–Crippen LogP) is 3.68. The van der Waals surface area contributed by atoms with Crippen LogP contribution in [0.4, 0.5) is 0 Å². The minimum atomic E-state index is -0.105. The molecular formula is C16H14Cl2N4. The predicted molar refractivity (Wildman–Crippen MR) is 94.3 cm³/mol. The Morgan fingerprint density at radius 1 is 0.818 bits per heavy atom. The van der Waals surface area contributed by atoms with Gasteiger partial charge >= 0.3 is 0 Å². The summed E-state index contributed by atoms with van der Waals surface area (Å²) in [5.41, 5.74) is 13.1. The quantitative estimate of drug-likeness (QED) is 0.509. The molecule has 4 N–H and O–H groups in total. The van der Waals surface area contributed by atoms with Crippen molar-refractivity contribution in [3.63, 3.8) is 0 Å². The molecule has 0 aromatic heterocycles. The third-order valence-electron chi connectivity index (χ3n) is 2.72. The van der Waals surface area contributed by atoms with Crippen molar-refractivity contribution >= 4 is 40.9 Å². The number of benzene rings is 2. The van der Waals surface area contributed by atoms with Crippen LogP contribution in [0, 0.1) is 0 Å². The number of halogens is 2. The highest BCUT2D eigenvalue weighted by Gasteiger charge is 2.00. The van der Waals surface area contributed by atoms with E-state index < -0.39 is 0 Å². The van der Waals surface area contributed by atoms with Crippen molar-refractivity contribution in [2.45, 2.75) is 0 Å². The molecule has 0 radical (unpaired) electrons. The monoisotopic (exact) mass is 332 g/mol. The van der Waals surface area contributed by atoms with E-state index in [1.54, 1.807) is 12.1 Å². The second-order valence-electron chi connectivity index (χ2n) is 4.40. The molecule has 112 valence electrons. The summed E-state index contributed by atoms with van der Waals surface area (Å²) in [6.45, 7) is 0. The summed E-state index contributed by atoms with van der Waals surface area (Å²) >= 11 is 11.8. The van der Waals surface area contributed by atoms with Gasteiger partial charge in [0.1, 0.15) is 0 Å². The Bertz CT molecular complexity index is 713. The van der Waals surface area contributed by atoms with E-state index in [2.05, 4.69) is 10.2 Å². The smallest absolute Gasteiger partial charge is 0.211 e. The van der Waals surface area contributed by atoms with E-state index in [1.807, 2.05) is 48.6 Å². The molecule has 4 nitrogen and oxygen atoms in total. The van der Waals surface area contributed by atoms with Gasteiger partial charge < -0.3 is 11.5 Å². The average Bonchev–Trinajstić information content (AvgIpc) is 2.50. The van der Waals surface area contributed by atoms with Gasteiger partial charge in [-0.05, 0) is 35.9 Å². The highest BCUT2D eigenvalue weighted by atomic mass is 35.5. The molecule has 0 aliphatic carbocycles. The van der Waals surface area contributed by atoms with Crippen molar-refractivity contribution in [1.82, 2.24) is 0 Å². The van der Waals surface area contributed by atoms with Crippen molar-refractivity contribution in [3.05, 3.63) is 75.8 Å². The van der Waals surface area contributed by atoms with Crippen LogP contribution < -0.4 is 11.5 Å². The minimum Gasteiger partial charge on any atom is -0.369 e. The Balaban J connectivity index is 2.32. The molecule has 0 saturated carbocycles. The molecule has 0 heterocycles. The van der Waals surface area contributed by atoms with Gasteiger partial charge in [-0.15, -0.1) is 10.2 Å². The first-order chi connectivity index (χ1) is 10.5. The maximum Gasteiger partial charge on any atom is 0.211 e. The fraction of sp³-hybridized carbons (Fsp3) is 0. The van der Waals surface area contributed by atoms with Gasteiger partial charge in [0, 0.05) is 15.6 Å². The maximum absolute atomic E-state index is 5.89. The summed E-state index contributed by atoms with van der Waals surface area (Å²) in [6.07, 6.45) is 3.71. The summed E-state index contributed by atoms with van der Waals surface area (Å²) in [4.78, 5) is 0. The largest absolute Gasteiger partial charge is 0.369 e. The van der Waals surface area contributed by atoms with Crippen LogP contribution in [-0.4, -0.2) is 11.7 Å². The van der Waals surface area contributed by atoms with E-state index in [0.29, 0.717) is 15.8 Å². The van der Waals surface area contributed by atoms with Crippen molar-refractivity contribution in [1.29, 1.82) is 0 Å². The topological polar surface area (TPSA) is 76.8 Å². The standard InChI is InChI=1S/C16H14Cl2N4/c17-13-6-1-11(2-7-13)3-10-15(21-22-16(19)20)12-4-8-14(18)9-5-12/h1-10H,(H4,19,20,22). The number of hydrogen-bond donors (Lipinski definition) is 2. The van der Waals surface area contributed by atoms with E-state index >= 15 is 0 Å². The fourth-order valence-electron chi connectivity index (χ4n) is 1.67. The number of guanidine groups is 1. The van der Waals surface area contributed by atoms with E-state index in [0.717, 1.165) is 11.1 Å². The maximum atomic E-state index is 5.89. The van der Waals surface area contributed by atoms with Crippen molar-refractivity contribution < 1.29 is 0 Å². The zero-order chi connectivity index (χ0) is 15.9.